The van der Waals surface area contributed by atoms with Crippen molar-refractivity contribution in [1.29, 1.82) is 0 Å². The number of hydrogen-bond donors (Lipinski definition) is 2. The minimum Gasteiger partial charge on any atom is -0.467 e. The van der Waals surface area contributed by atoms with Crippen LogP contribution in [0.5, 0.6) is 0 Å². The molecule has 25 heavy (non-hydrogen) atoms. The minimum atomic E-state index is -0.412. The van der Waals surface area contributed by atoms with E-state index in [4.69, 9.17) is 4.42 Å². The molecule has 2 heterocycles. The molecule has 0 aliphatic carbocycles. The van der Waals surface area contributed by atoms with Gasteiger partial charge in [0.2, 0.25) is 11.8 Å². The van der Waals surface area contributed by atoms with Gasteiger partial charge in [0.15, 0.2) is 0 Å². The number of furan rings is 1. The van der Waals surface area contributed by atoms with Crippen LogP contribution in [0.25, 0.3) is 10.8 Å². The SMILES string of the molecule is O=C(CNC(=O)Cn1ccc2ccccc2c1=O)NCc1ccco1. The number of hydrogen-bond acceptors (Lipinski definition) is 4. The van der Waals surface area contributed by atoms with Gasteiger partial charge in [0, 0.05) is 11.6 Å². The average Bonchev–Trinajstić information content (AvgIpc) is 3.14. The maximum absolute atomic E-state index is 12.3. The molecule has 0 atom stereocenters. The predicted octanol–water partition coefficient (Wildman–Crippen LogP) is 1.03. The lowest BCUT2D eigenvalue weighted by Crippen LogP contribution is -2.39. The highest BCUT2D eigenvalue weighted by atomic mass is 16.3. The van der Waals surface area contributed by atoms with Crippen LogP contribution in [0.4, 0.5) is 0 Å². The van der Waals surface area contributed by atoms with E-state index in [0.29, 0.717) is 11.1 Å². The molecule has 3 rings (SSSR count). The topological polar surface area (TPSA) is 93.3 Å². The second-order valence-electron chi connectivity index (χ2n) is 5.47. The Bertz CT molecular complexity index is 944. The van der Waals surface area contributed by atoms with E-state index in [2.05, 4.69) is 10.6 Å². The Kier molecular flexibility index (Phi) is 4.94. The van der Waals surface area contributed by atoms with Crippen molar-refractivity contribution in [3.05, 3.63) is 71.0 Å². The normalized spacial score (nSPS) is 10.6. The van der Waals surface area contributed by atoms with Crippen LogP contribution < -0.4 is 16.2 Å². The molecule has 7 nitrogen and oxygen atoms in total. The lowest BCUT2D eigenvalue weighted by Gasteiger charge is -2.08. The van der Waals surface area contributed by atoms with Crippen LogP contribution in [0.2, 0.25) is 0 Å². The monoisotopic (exact) mass is 339 g/mol. The Morgan fingerprint density at radius 2 is 1.84 bits per heavy atom. The van der Waals surface area contributed by atoms with Crippen molar-refractivity contribution in [3.8, 4) is 0 Å². The van der Waals surface area contributed by atoms with E-state index < -0.39 is 5.91 Å². The van der Waals surface area contributed by atoms with E-state index >= 15 is 0 Å². The highest BCUT2D eigenvalue weighted by Crippen LogP contribution is 2.07. The number of nitrogens with one attached hydrogen (secondary N) is 2. The molecule has 2 aromatic heterocycles. The number of aromatic nitrogens is 1. The fourth-order valence-electron chi connectivity index (χ4n) is 2.41. The average molecular weight is 339 g/mol. The zero-order valence-electron chi connectivity index (χ0n) is 13.4. The van der Waals surface area contributed by atoms with Crippen molar-refractivity contribution >= 4 is 22.6 Å². The number of benzene rings is 1. The summed E-state index contributed by atoms with van der Waals surface area (Å²) in [5.41, 5.74) is -0.240. The number of pyridine rings is 1. The number of carbonyl (C=O) groups is 2. The molecule has 0 aliphatic heterocycles. The van der Waals surface area contributed by atoms with Crippen LogP contribution in [0.1, 0.15) is 5.76 Å². The van der Waals surface area contributed by atoms with E-state index in [-0.39, 0.29) is 31.1 Å². The fraction of sp³-hybridized carbons (Fsp3) is 0.167. The van der Waals surface area contributed by atoms with Crippen LogP contribution in [0.15, 0.2) is 64.1 Å². The van der Waals surface area contributed by atoms with Crippen LogP contribution >= 0.6 is 0 Å². The third-order valence-electron chi connectivity index (χ3n) is 3.69. The second-order valence-corrected chi connectivity index (χ2v) is 5.47. The smallest absolute Gasteiger partial charge is 0.258 e. The lowest BCUT2D eigenvalue weighted by atomic mass is 10.2. The molecule has 0 spiro atoms. The van der Waals surface area contributed by atoms with Gasteiger partial charge in [-0.1, -0.05) is 18.2 Å². The first-order valence-electron chi connectivity index (χ1n) is 7.77. The molecule has 128 valence electrons. The van der Waals surface area contributed by atoms with Gasteiger partial charge in [0.1, 0.15) is 12.3 Å². The number of fused-ring (bicyclic) bond motifs is 1. The van der Waals surface area contributed by atoms with Crippen molar-refractivity contribution in [2.45, 2.75) is 13.1 Å². The molecule has 0 saturated heterocycles. The number of carbonyl (C=O) groups excluding carboxylic acids is 2. The Hall–Kier alpha value is -3.35. The number of nitrogens with zero attached hydrogens (tertiary/aromatic N) is 1. The summed E-state index contributed by atoms with van der Waals surface area (Å²) in [6, 6.07) is 12.4. The molecular weight excluding hydrogens is 322 g/mol. The lowest BCUT2D eigenvalue weighted by molar-refractivity contribution is -0.126. The van der Waals surface area contributed by atoms with Gasteiger partial charge in [0.05, 0.1) is 19.4 Å². The van der Waals surface area contributed by atoms with Crippen LogP contribution in [-0.4, -0.2) is 22.9 Å². The summed E-state index contributed by atoms with van der Waals surface area (Å²) in [4.78, 5) is 36.0. The first-order chi connectivity index (χ1) is 12.1. The van der Waals surface area contributed by atoms with Gasteiger partial charge in [-0.3, -0.25) is 14.4 Å². The van der Waals surface area contributed by atoms with Gasteiger partial charge in [-0.15, -0.1) is 0 Å². The van der Waals surface area contributed by atoms with Gasteiger partial charge in [0.25, 0.3) is 5.56 Å². The standard InChI is InChI=1S/C18H17N3O4/c22-16(19-10-14-5-3-9-25-14)11-20-17(23)12-21-8-7-13-4-1-2-6-15(13)18(21)24/h1-9H,10-12H2,(H,19,22)(H,20,23). The fourth-order valence-corrected chi connectivity index (χ4v) is 2.41. The maximum Gasteiger partial charge on any atom is 0.258 e. The first kappa shape index (κ1) is 16.5. The molecule has 2 N–H and O–H groups in total. The van der Waals surface area contributed by atoms with Crippen molar-refractivity contribution in [2.75, 3.05) is 6.54 Å². The Labute approximate surface area is 143 Å². The summed E-state index contributed by atoms with van der Waals surface area (Å²) in [6.45, 7) is -0.0527. The van der Waals surface area contributed by atoms with Crippen molar-refractivity contribution in [3.63, 3.8) is 0 Å². The molecule has 0 radical (unpaired) electrons. The molecule has 3 aromatic rings. The van der Waals surface area contributed by atoms with Crippen molar-refractivity contribution < 1.29 is 14.0 Å². The molecule has 0 saturated carbocycles. The summed E-state index contributed by atoms with van der Waals surface area (Å²) in [6.07, 6.45) is 3.09. The van der Waals surface area contributed by atoms with Gasteiger partial charge < -0.3 is 19.6 Å². The quantitative estimate of drug-likeness (QED) is 0.701. The van der Waals surface area contributed by atoms with E-state index in [9.17, 15) is 14.4 Å². The number of rotatable bonds is 6. The van der Waals surface area contributed by atoms with E-state index in [1.807, 2.05) is 12.1 Å². The van der Waals surface area contributed by atoms with Gasteiger partial charge in [-0.25, -0.2) is 0 Å². The van der Waals surface area contributed by atoms with E-state index in [1.165, 1.54) is 10.8 Å². The molecule has 0 unspecified atom stereocenters. The summed E-state index contributed by atoms with van der Waals surface area (Å²) in [5.74, 6) is -0.122. The highest BCUT2D eigenvalue weighted by Gasteiger charge is 2.09. The Morgan fingerprint density at radius 1 is 1.00 bits per heavy atom. The largest absolute Gasteiger partial charge is 0.467 e. The number of amides is 2. The maximum atomic E-state index is 12.3. The van der Waals surface area contributed by atoms with Crippen LogP contribution in [0.3, 0.4) is 0 Å². The summed E-state index contributed by atoms with van der Waals surface area (Å²) < 4.78 is 6.41. The molecule has 0 fully saturated rings. The predicted molar refractivity (Wildman–Crippen MR) is 91.8 cm³/mol. The highest BCUT2D eigenvalue weighted by molar-refractivity contribution is 5.85. The molecule has 2 amide bonds. The molecule has 1 aromatic carbocycles. The Morgan fingerprint density at radius 3 is 2.64 bits per heavy atom. The summed E-state index contributed by atoms with van der Waals surface area (Å²) in [7, 11) is 0. The first-order valence-corrected chi connectivity index (χ1v) is 7.77. The van der Waals surface area contributed by atoms with Crippen molar-refractivity contribution in [2.24, 2.45) is 0 Å². The van der Waals surface area contributed by atoms with Crippen molar-refractivity contribution in [1.82, 2.24) is 15.2 Å². The van der Waals surface area contributed by atoms with Gasteiger partial charge in [-0.2, -0.15) is 0 Å². The molecule has 0 bridgehead atoms. The van der Waals surface area contributed by atoms with E-state index in [0.717, 1.165) is 5.39 Å². The van der Waals surface area contributed by atoms with Crippen LogP contribution in [0, 0.1) is 0 Å². The van der Waals surface area contributed by atoms with Crippen LogP contribution in [-0.2, 0) is 22.7 Å². The summed E-state index contributed by atoms with van der Waals surface area (Å²) >= 11 is 0. The summed E-state index contributed by atoms with van der Waals surface area (Å²) in [5, 5.41) is 6.49. The zero-order chi connectivity index (χ0) is 17.6. The third kappa shape index (κ3) is 4.14. The van der Waals surface area contributed by atoms with E-state index in [1.54, 1.807) is 36.5 Å². The molecule has 7 heteroatoms. The molecule has 0 aliphatic rings. The second kappa shape index (κ2) is 7.48. The molecular formula is C18H17N3O4. The minimum absolute atomic E-state index is 0.144. The third-order valence-corrected chi connectivity index (χ3v) is 3.69. The van der Waals surface area contributed by atoms with Gasteiger partial charge >= 0.3 is 0 Å². The Balaban J connectivity index is 1.53. The zero-order valence-corrected chi connectivity index (χ0v) is 13.4. The van der Waals surface area contributed by atoms with Gasteiger partial charge in [-0.05, 0) is 29.7 Å².